The van der Waals surface area contributed by atoms with Crippen LogP contribution in [0.25, 0.3) is 0 Å². The minimum atomic E-state index is 0.587. The highest BCUT2D eigenvalue weighted by Crippen LogP contribution is 2.35. The van der Waals surface area contributed by atoms with E-state index in [2.05, 4.69) is 44.8 Å². The van der Waals surface area contributed by atoms with Crippen molar-refractivity contribution >= 4 is 33.4 Å². The van der Waals surface area contributed by atoms with Gasteiger partial charge in [0.1, 0.15) is 0 Å². The summed E-state index contributed by atoms with van der Waals surface area (Å²) in [6.45, 7) is 1.07. The van der Waals surface area contributed by atoms with Crippen molar-refractivity contribution in [2.45, 2.75) is 17.4 Å². The third kappa shape index (κ3) is 2.89. The molecular formula is C11H15BrN2S. The zero-order valence-electron chi connectivity index (χ0n) is 8.72. The van der Waals surface area contributed by atoms with Gasteiger partial charge in [0.2, 0.25) is 0 Å². The van der Waals surface area contributed by atoms with Gasteiger partial charge in [-0.3, -0.25) is 0 Å². The van der Waals surface area contributed by atoms with Crippen LogP contribution in [0.3, 0.4) is 0 Å². The molecule has 0 radical (unpaired) electrons. The second-order valence-corrected chi connectivity index (χ2v) is 5.66. The summed E-state index contributed by atoms with van der Waals surface area (Å²) in [5.74, 6) is 1.16. The Balaban J connectivity index is 2.05. The molecule has 2 N–H and O–H groups in total. The monoisotopic (exact) mass is 286 g/mol. The minimum absolute atomic E-state index is 0.587. The molecule has 15 heavy (non-hydrogen) atoms. The highest BCUT2D eigenvalue weighted by Gasteiger charge is 2.17. The molecule has 4 heteroatoms. The molecule has 82 valence electrons. The number of benzene rings is 1. The SMILES string of the molecule is CNCCC1CSc2ccc(Br)cc2N1. The van der Waals surface area contributed by atoms with E-state index in [4.69, 9.17) is 0 Å². The first-order valence-corrected chi connectivity index (χ1v) is 6.91. The number of hydrogen-bond acceptors (Lipinski definition) is 3. The maximum Gasteiger partial charge on any atom is 0.0492 e. The molecule has 0 amide bonds. The van der Waals surface area contributed by atoms with Crippen LogP contribution in [0.15, 0.2) is 27.6 Å². The van der Waals surface area contributed by atoms with Crippen LogP contribution in [-0.4, -0.2) is 25.4 Å². The van der Waals surface area contributed by atoms with Gasteiger partial charge in [-0.1, -0.05) is 15.9 Å². The first-order valence-electron chi connectivity index (χ1n) is 5.13. The Kier molecular flexibility index (Phi) is 3.94. The first-order chi connectivity index (χ1) is 7.29. The normalized spacial score (nSPS) is 19.5. The van der Waals surface area contributed by atoms with E-state index >= 15 is 0 Å². The highest BCUT2D eigenvalue weighted by atomic mass is 79.9. The minimum Gasteiger partial charge on any atom is -0.380 e. The Morgan fingerprint density at radius 2 is 2.47 bits per heavy atom. The number of nitrogens with one attached hydrogen (secondary N) is 2. The van der Waals surface area contributed by atoms with Gasteiger partial charge in [-0.2, -0.15) is 0 Å². The lowest BCUT2D eigenvalue weighted by Crippen LogP contribution is -2.29. The zero-order valence-corrected chi connectivity index (χ0v) is 11.1. The average molecular weight is 287 g/mol. The number of rotatable bonds is 3. The molecule has 0 bridgehead atoms. The molecule has 1 aromatic carbocycles. The van der Waals surface area contributed by atoms with Crippen molar-refractivity contribution in [3.63, 3.8) is 0 Å². The van der Waals surface area contributed by atoms with Crippen LogP contribution in [0, 0.1) is 0 Å². The molecule has 0 saturated carbocycles. The molecular weight excluding hydrogens is 272 g/mol. The molecule has 1 aliphatic heterocycles. The quantitative estimate of drug-likeness (QED) is 0.894. The molecule has 1 aromatic rings. The van der Waals surface area contributed by atoms with Gasteiger partial charge in [-0.25, -0.2) is 0 Å². The second-order valence-electron chi connectivity index (χ2n) is 3.68. The van der Waals surface area contributed by atoms with Gasteiger partial charge in [-0.05, 0) is 38.2 Å². The summed E-state index contributed by atoms with van der Waals surface area (Å²) in [7, 11) is 2.00. The fourth-order valence-electron chi connectivity index (χ4n) is 1.67. The lowest BCUT2D eigenvalue weighted by molar-refractivity contribution is 0.658. The number of hydrogen-bond donors (Lipinski definition) is 2. The van der Waals surface area contributed by atoms with Gasteiger partial charge in [0.05, 0.1) is 0 Å². The third-order valence-corrected chi connectivity index (χ3v) is 4.21. The molecule has 1 heterocycles. The van der Waals surface area contributed by atoms with Crippen LogP contribution in [0.4, 0.5) is 5.69 Å². The molecule has 2 nitrogen and oxygen atoms in total. The van der Waals surface area contributed by atoms with E-state index in [0.29, 0.717) is 6.04 Å². The lowest BCUT2D eigenvalue weighted by Gasteiger charge is -2.26. The number of halogens is 1. The molecule has 1 aliphatic rings. The van der Waals surface area contributed by atoms with Crippen molar-refractivity contribution in [2.75, 3.05) is 24.7 Å². The van der Waals surface area contributed by atoms with Crippen molar-refractivity contribution in [1.82, 2.24) is 5.32 Å². The molecule has 0 spiro atoms. The summed E-state index contributed by atoms with van der Waals surface area (Å²) in [6.07, 6.45) is 1.18. The average Bonchev–Trinajstić information content (AvgIpc) is 2.25. The predicted molar refractivity (Wildman–Crippen MR) is 70.8 cm³/mol. The Morgan fingerprint density at radius 3 is 3.27 bits per heavy atom. The van der Waals surface area contributed by atoms with Gasteiger partial charge in [0.25, 0.3) is 0 Å². The van der Waals surface area contributed by atoms with Crippen LogP contribution in [0.2, 0.25) is 0 Å². The predicted octanol–water partition coefficient (Wildman–Crippen LogP) is 2.94. The summed E-state index contributed by atoms with van der Waals surface area (Å²) < 4.78 is 1.14. The van der Waals surface area contributed by atoms with Gasteiger partial charge in [0, 0.05) is 26.9 Å². The molecule has 0 aromatic heterocycles. The Labute approximate surface area is 103 Å². The lowest BCUT2D eigenvalue weighted by atomic mass is 10.2. The summed E-state index contributed by atoms with van der Waals surface area (Å²) in [4.78, 5) is 1.36. The van der Waals surface area contributed by atoms with Gasteiger partial charge < -0.3 is 10.6 Å². The van der Waals surface area contributed by atoms with Crippen molar-refractivity contribution < 1.29 is 0 Å². The van der Waals surface area contributed by atoms with Crippen molar-refractivity contribution in [2.24, 2.45) is 0 Å². The maximum absolute atomic E-state index is 3.58. The summed E-state index contributed by atoms with van der Waals surface area (Å²) >= 11 is 5.45. The van der Waals surface area contributed by atoms with Gasteiger partial charge in [0.15, 0.2) is 0 Å². The summed E-state index contributed by atoms with van der Waals surface area (Å²) in [5, 5.41) is 6.77. The first kappa shape index (κ1) is 11.3. The van der Waals surface area contributed by atoms with E-state index in [1.54, 1.807) is 0 Å². The highest BCUT2D eigenvalue weighted by molar-refractivity contribution is 9.10. The van der Waals surface area contributed by atoms with Crippen LogP contribution in [-0.2, 0) is 0 Å². The Morgan fingerprint density at radius 1 is 1.60 bits per heavy atom. The van der Waals surface area contributed by atoms with E-state index in [0.717, 1.165) is 16.8 Å². The van der Waals surface area contributed by atoms with Crippen LogP contribution in [0.1, 0.15) is 6.42 Å². The maximum atomic E-state index is 3.58. The largest absolute Gasteiger partial charge is 0.380 e. The van der Waals surface area contributed by atoms with Crippen LogP contribution in [0.5, 0.6) is 0 Å². The number of anilines is 1. The number of fused-ring (bicyclic) bond motifs is 1. The van der Waals surface area contributed by atoms with Gasteiger partial charge >= 0.3 is 0 Å². The van der Waals surface area contributed by atoms with E-state index in [1.165, 1.54) is 17.0 Å². The summed E-state index contributed by atoms with van der Waals surface area (Å²) in [6, 6.07) is 7.02. The smallest absolute Gasteiger partial charge is 0.0492 e. The van der Waals surface area contributed by atoms with E-state index in [1.807, 2.05) is 18.8 Å². The fourth-order valence-corrected chi connectivity index (χ4v) is 3.10. The van der Waals surface area contributed by atoms with Crippen LogP contribution >= 0.6 is 27.7 Å². The fraction of sp³-hybridized carbons (Fsp3) is 0.455. The molecule has 2 rings (SSSR count). The Bertz CT molecular complexity index is 343. The zero-order chi connectivity index (χ0) is 10.7. The molecule has 0 saturated heterocycles. The van der Waals surface area contributed by atoms with E-state index < -0.39 is 0 Å². The topological polar surface area (TPSA) is 24.1 Å². The Hall–Kier alpha value is -0.190. The third-order valence-electron chi connectivity index (χ3n) is 2.48. The van der Waals surface area contributed by atoms with Crippen molar-refractivity contribution in [1.29, 1.82) is 0 Å². The second kappa shape index (κ2) is 5.23. The van der Waals surface area contributed by atoms with Crippen molar-refractivity contribution in [3.05, 3.63) is 22.7 Å². The van der Waals surface area contributed by atoms with E-state index in [9.17, 15) is 0 Å². The molecule has 0 aliphatic carbocycles. The van der Waals surface area contributed by atoms with E-state index in [-0.39, 0.29) is 0 Å². The van der Waals surface area contributed by atoms with Crippen LogP contribution < -0.4 is 10.6 Å². The van der Waals surface area contributed by atoms with Gasteiger partial charge in [-0.15, -0.1) is 11.8 Å². The number of thioether (sulfide) groups is 1. The molecule has 1 atom stereocenters. The summed E-state index contributed by atoms with van der Waals surface area (Å²) in [5.41, 5.74) is 1.27. The molecule has 1 unspecified atom stereocenters. The standard InChI is InChI=1S/C11H15BrN2S/c1-13-5-4-9-7-15-11-3-2-8(12)6-10(11)14-9/h2-3,6,9,13-14H,4-5,7H2,1H3. The van der Waals surface area contributed by atoms with Crippen molar-refractivity contribution in [3.8, 4) is 0 Å². The molecule has 0 fully saturated rings.